The number of pyridine rings is 1. The van der Waals surface area contributed by atoms with Crippen molar-refractivity contribution in [2.45, 2.75) is 4.90 Å². The molecule has 0 bridgehead atoms. The number of rotatable bonds is 4. The Morgan fingerprint density at radius 1 is 1.12 bits per heavy atom. The maximum Gasteiger partial charge on any atom is 0.175 e. The SMILES string of the molecule is COc1ccc2nc(Nc3cccc(S(C)(=O)=O)c3)c3[nH]ncc3c2c1. The van der Waals surface area contributed by atoms with Crippen molar-refractivity contribution >= 4 is 43.1 Å². The van der Waals surface area contributed by atoms with Crippen LogP contribution in [0.5, 0.6) is 5.75 Å². The van der Waals surface area contributed by atoms with Crippen LogP contribution in [-0.2, 0) is 9.84 Å². The normalized spacial score (nSPS) is 11.8. The van der Waals surface area contributed by atoms with Crippen molar-refractivity contribution in [1.29, 1.82) is 0 Å². The number of sulfone groups is 1. The summed E-state index contributed by atoms with van der Waals surface area (Å²) in [4.78, 5) is 4.90. The van der Waals surface area contributed by atoms with Gasteiger partial charge in [0.15, 0.2) is 15.7 Å². The van der Waals surface area contributed by atoms with Gasteiger partial charge < -0.3 is 10.1 Å². The van der Waals surface area contributed by atoms with Crippen LogP contribution < -0.4 is 10.1 Å². The van der Waals surface area contributed by atoms with Gasteiger partial charge in [-0.3, -0.25) is 5.10 Å². The minimum absolute atomic E-state index is 0.244. The highest BCUT2D eigenvalue weighted by Gasteiger charge is 2.13. The Labute approximate surface area is 149 Å². The molecule has 4 aromatic rings. The molecular weight excluding hydrogens is 352 g/mol. The number of hydrogen-bond donors (Lipinski definition) is 2. The highest BCUT2D eigenvalue weighted by Crippen LogP contribution is 2.31. The first-order chi connectivity index (χ1) is 12.5. The van der Waals surface area contributed by atoms with Gasteiger partial charge in [0.25, 0.3) is 0 Å². The topological polar surface area (TPSA) is 97.0 Å². The molecule has 0 fully saturated rings. The van der Waals surface area contributed by atoms with Crippen LogP contribution in [0.4, 0.5) is 11.5 Å². The molecule has 2 aromatic carbocycles. The van der Waals surface area contributed by atoms with Crippen molar-refractivity contribution in [2.75, 3.05) is 18.7 Å². The molecule has 26 heavy (non-hydrogen) atoms. The molecule has 0 spiro atoms. The number of hydrogen-bond acceptors (Lipinski definition) is 6. The minimum Gasteiger partial charge on any atom is -0.497 e. The summed E-state index contributed by atoms with van der Waals surface area (Å²) < 4.78 is 28.8. The molecule has 0 aliphatic rings. The van der Waals surface area contributed by atoms with Gasteiger partial charge in [-0.05, 0) is 36.4 Å². The molecule has 4 rings (SSSR count). The Bertz CT molecular complexity index is 1230. The number of aromatic amines is 1. The van der Waals surface area contributed by atoms with E-state index in [4.69, 9.17) is 4.74 Å². The van der Waals surface area contributed by atoms with Crippen molar-refractivity contribution in [2.24, 2.45) is 0 Å². The number of nitrogens with one attached hydrogen (secondary N) is 2. The van der Waals surface area contributed by atoms with Crippen LogP contribution in [0, 0.1) is 0 Å². The second-order valence-corrected chi connectivity index (χ2v) is 7.94. The Kier molecular flexibility index (Phi) is 3.77. The maximum absolute atomic E-state index is 11.8. The van der Waals surface area contributed by atoms with E-state index in [-0.39, 0.29) is 4.90 Å². The molecule has 0 unspecified atom stereocenters. The van der Waals surface area contributed by atoms with Crippen LogP contribution in [0.2, 0.25) is 0 Å². The van der Waals surface area contributed by atoms with E-state index >= 15 is 0 Å². The summed E-state index contributed by atoms with van der Waals surface area (Å²) in [5.41, 5.74) is 2.14. The summed E-state index contributed by atoms with van der Waals surface area (Å²) in [5, 5.41) is 12.1. The van der Waals surface area contributed by atoms with Gasteiger partial charge in [0.2, 0.25) is 0 Å². The number of aromatic nitrogens is 3. The van der Waals surface area contributed by atoms with Gasteiger partial charge in [0.1, 0.15) is 11.3 Å². The monoisotopic (exact) mass is 368 g/mol. The lowest BCUT2D eigenvalue weighted by molar-refractivity contribution is 0.415. The van der Waals surface area contributed by atoms with E-state index in [0.29, 0.717) is 11.5 Å². The number of anilines is 2. The summed E-state index contributed by atoms with van der Waals surface area (Å²) >= 11 is 0. The number of benzene rings is 2. The zero-order valence-electron chi connectivity index (χ0n) is 14.1. The van der Waals surface area contributed by atoms with E-state index in [1.165, 1.54) is 6.26 Å². The Morgan fingerprint density at radius 2 is 1.96 bits per heavy atom. The van der Waals surface area contributed by atoms with E-state index in [0.717, 1.165) is 27.6 Å². The predicted octanol–water partition coefficient (Wildman–Crippen LogP) is 3.27. The summed E-state index contributed by atoms with van der Waals surface area (Å²) in [6.07, 6.45) is 2.91. The molecule has 2 N–H and O–H groups in total. The maximum atomic E-state index is 11.8. The third-order valence-electron chi connectivity index (χ3n) is 4.13. The lowest BCUT2D eigenvalue weighted by Gasteiger charge is -2.10. The summed E-state index contributed by atoms with van der Waals surface area (Å²) in [6.45, 7) is 0. The van der Waals surface area contributed by atoms with Gasteiger partial charge in [-0.1, -0.05) is 6.07 Å². The number of ether oxygens (including phenoxy) is 1. The highest BCUT2D eigenvalue weighted by molar-refractivity contribution is 7.90. The van der Waals surface area contributed by atoms with Crippen LogP contribution in [-0.4, -0.2) is 37.0 Å². The van der Waals surface area contributed by atoms with E-state index in [2.05, 4.69) is 20.5 Å². The average molecular weight is 368 g/mol. The van der Waals surface area contributed by atoms with Crippen molar-refractivity contribution in [3.63, 3.8) is 0 Å². The molecule has 0 saturated carbocycles. The van der Waals surface area contributed by atoms with Crippen LogP contribution in [0.25, 0.3) is 21.8 Å². The van der Waals surface area contributed by atoms with E-state index in [1.54, 1.807) is 37.6 Å². The summed E-state index contributed by atoms with van der Waals surface area (Å²) in [5.74, 6) is 1.31. The largest absolute Gasteiger partial charge is 0.497 e. The van der Waals surface area contributed by atoms with E-state index < -0.39 is 9.84 Å². The first-order valence-electron chi connectivity index (χ1n) is 7.84. The molecule has 0 saturated heterocycles. The number of H-pyrrole nitrogens is 1. The number of fused-ring (bicyclic) bond motifs is 3. The van der Waals surface area contributed by atoms with Crippen LogP contribution in [0.3, 0.4) is 0 Å². The molecule has 0 aliphatic carbocycles. The molecule has 132 valence electrons. The molecule has 0 amide bonds. The average Bonchev–Trinajstić information content (AvgIpc) is 3.11. The standard InChI is InChI=1S/C18H16N4O3S/c1-25-12-6-7-16-14(9-12)15-10-19-22-17(15)18(21-16)20-11-4-3-5-13(8-11)26(2,23)24/h3-10H,1-2H3,(H,19,22)(H,20,21). The van der Waals surface area contributed by atoms with Gasteiger partial charge in [-0.15, -0.1) is 0 Å². The Balaban J connectivity index is 1.85. The fraction of sp³-hybridized carbons (Fsp3) is 0.111. The van der Waals surface area contributed by atoms with Gasteiger partial charge >= 0.3 is 0 Å². The van der Waals surface area contributed by atoms with Crippen LogP contribution in [0.15, 0.2) is 53.6 Å². The third kappa shape index (κ3) is 2.84. The van der Waals surface area contributed by atoms with Crippen LogP contribution in [0.1, 0.15) is 0 Å². The van der Waals surface area contributed by atoms with Crippen molar-refractivity contribution in [3.8, 4) is 5.75 Å². The molecule has 0 aliphatic heterocycles. The summed E-state index contributed by atoms with van der Waals surface area (Å²) in [7, 11) is -1.67. The van der Waals surface area contributed by atoms with Crippen molar-refractivity contribution < 1.29 is 13.2 Å². The van der Waals surface area contributed by atoms with Gasteiger partial charge in [0, 0.05) is 22.7 Å². The molecule has 2 aromatic heterocycles. The minimum atomic E-state index is -3.29. The highest BCUT2D eigenvalue weighted by atomic mass is 32.2. The fourth-order valence-corrected chi connectivity index (χ4v) is 3.50. The zero-order chi connectivity index (χ0) is 18.3. The predicted molar refractivity (Wildman–Crippen MR) is 101 cm³/mol. The molecular formula is C18H16N4O3S. The number of nitrogens with zero attached hydrogens (tertiary/aromatic N) is 2. The molecule has 0 radical (unpaired) electrons. The molecule has 7 nitrogen and oxygen atoms in total. The smallest absolute Gasteiger partial charge is 0.175 e. The van der Waals surface area contributed by atoms with Gasteiger partial charge in [-0.25, -0.2) is 13.4 Å². The molecule has 0 atom stereocenters. The summed E-state index contributed by atoms with van der Waals surface area (Å²) in [6, 6.07) is 12.2. The zero-order valence-corrected chi connectivity index (χ0v) is 15.0. The molecule has 2 heterocycles. The van der Waals surface area contributed by atoms with Crippen LogP contribution >= 0.6 is 0 Å². The second-order valence-electron chi connectivity index (χ2n) is 5.93. The fourth-order valence-electron chi connectivity index (χ4n) is 2.83. The van der Waals surface area contributed by atoms with Crippen molar-refractivity contribution in [3.05, 3.63) is 48.7 Å². The van der Waals surface area contributed by atoms with Gasteiger partial charge in [-0.2, -0.15) is 5.10 Å². The lowest BCUT2D eigenvalue weighted by Crippen LogP contribution is -2.00. The second kappa shape index (κ2) is 5.99. The first kappa shape index (κ1) is 16.3. The lowest BCUT2D eigenvalue weighted by atomic mass is 10.1. The molecule has 8 heteroatoms. The quantitative estimate of drug-likeness (QED) is 0.574. The Morgan fingerprint density at radius 3 is 2.73 bits per heavy atom. The van der Waals surface area contributed by atoms with Gasteiger partial charge in [0.05, 0.1) is 23.7 Å². The Hall–Kier alpha value is -3.13. The van der Waals surface area contributed by atoms with E-state index in [1.807, 2.05) is 18.2 Å². The van der Waals surface area contributed by atoms with Crippen molar-refractivity contribution in [1.82, 2.24) is 15.2 Å². The first-order valence-corrected chi connectivity index (χ1v) is 9.73. The third-order valence-corrected chi connectivity index (χ3v) is 5.24. The van der Waals surface area contributed by atoms with E-state index in [9.17, 15) is 8.42 Å². The number of methoxy groups -OCH3 is 1.